The number of aliphatic hydroxyl groups is 1. The molecular formula is C12H18O. The van der Waals surface area contributed by atoms with Gasteiger partial charge in [-0.25, -0.2) is 0 Å². The molecular weight excluding hydrogens is 160 g/mol. The van der Waals surface area contributed by atoms with Gasteiger partial charge in [-0.15, -0.1) is 0 Å². The zero-order valence-corrected chi connectivity index (χ0v) is 8.78. The molecule has 0 spiro atoms. The van der Waals surface area contributed by atoms with E-state index in [2.05, 4.69) is 30.6 Å². The molecule has 1 N–H and O–H groups in total. The second-order valence-electron chi connectivity index (χ2n) is 3.57. The summed E-state index contributed by atoms with van der Waals surface area (Å²) in [5.74, 6) is 11.0. The van der Waals surface area contributed by atoms with Crippen LogP contribution in [0.1, 0.15) is 46.5 Å². The van der Waals surface area contributed by atoms with E-state index in [0.29, 0.717) is 0 Å². The highest BCUT2D eigenvalue weighted by molar-refractivity contribution is 5.28. The first-order chi connectivity index (χ1) is 6.06. The summed E-state index contributed by atoms with van der Waals surface area (Å²) in [5, 5.41) is 9.22. The SMILES string of the molecule is CCCCCC#CC#CC(C)(C)O. The average molecular weight is 178 g/mol. The maximum Gasteiger partial charge on any atom is 0.120 e. The van der Waals surface area contributed by atoms with Gasteiger partial charge in [0, 0.05) is 6.42 Å². The van der Waals surface area contributed by atoms with Crippen molar-refractivity contribution >= 4 is 0 Å². The van der Waals surface area contributed by atoms with Crippen LogP contribution < -0.4 is 0 Å². The van der Waals surface area contributed by atoms with Gasteiger partial charge < -0.3 is 5.11 Å². The predicted octanol–water partition coefficient (Wildman–Crippen LogP) is 2.34. The summed E-state index contributed by atoms with van der Waals surface area (Å²) in [5.41, 5.74) is -0.919. The lowest BCUT2D eigenvalue weighted by atomic mass is 10.1. The van der Waals surface area contributed by atoms with Crippen LogP contribution >= 0.6 is 0 Å². The van der Waals surface area contributed by atoms with Gasteiger partial charge in [0.25, 0.3) is 0 Å². The number of unbranched alkanes of at least 4 members (excludes halogenated alkanes) is 3. The highest BCUT2D eigenvalue weighted by Crippen LogP contribution is 1.97. The van der Waals surface area contributed by atoms with Gasteiger partial charge in [0.1, 0.15) is 5.60 Å². The normalized spacial score (nSPS) is 9.54. The van der Waals surface area contributed by atoms with Crippen molar-refractivity contribution in [2.75, 3.05) is 0 Å². The third-order valence-electron chi connectivity index (χ3n) is 1.42. The Morgan fingerprint density at radius 2 is 1.85 bits per heavy atom. The fraction of sp³-hybridized carbons (Fsp3) is 0.667. The van der Waals surface area contributed by atoms with Crippen LogP contribution in [-0.4, -0.2) is 10.7 Å². The Morgan fingerprint density at radius 3 is 2.38 bits per heavy atom. The van der Waals surface area contributed by atoms with E-state index in [-0.39, 0.29) is 0 Å². The molecule has 0 bridgehead atoms. The number of rotatable bonds is 3. The van der Waals surface area contributed by atoms with Gasteiger partial charge in [0.05, 0.1) is 0 Å². The van der Waals surface area contributed by atoms with Gasteiger partial charge in [0.2, 0.25) is 0 Å². The molecule has 0 aromatic heterocycles. The van der Waals surface area contributed by atoms with E-state index in [0.717, 1.165) is 12.8 Å². The first kappa shape index (κ1) is 12.1. The fourth-order valence-electron chi connectivity index (χ4n) is 0.754. The van der Waals surface area contributed by atoms with Crippen LogP contribution in [0.4, 0.5) is 0 Å². The Morgan fingerprint density at radius 1 is 1.15 bits per heavy atom. The van der Waals surface area contributed by atoms with Gasteiger partial charge in [0.15, 0.2) is 0 Å². The van der Waals surface area contributed by atoms with Crippen molar-refractivity contribution in [1.29, 1.82) is 0 Å². The second kappa shape index (κ2) is 6.58. The first-order valence-corrected chi connectivity index (χ1v) is 4.78. The Bertz CT molecular complexity index is 236. The lowest BCUT2D eigenvalue weighted by Gasteiger charge is -2.04. The van der Waals surface area contributed by atoms with Crippen LogP contribution in [0.5, 0.6) is 0 Å². The molecule has 13 heavy (non-hydrogen) atoms. The maximum atomic E-state index is 9.22. The second-order valence-corrected chi connectivity index (χ2v) is 3.57. The molecule has 0 atom stereocenters. The molecule has 0 aliphatic heterocycles. The molecule has 0 aromatic rings. The Labute approximate surface area is 81.5 Å². The van der Waals surface area contributed by atoms with Crippen LogP contribution in [0.3, 0.4) is 0 Å². The molecule has 0 aliphatic rings. The Kier molecular flexibility index (Phi) is 6.11. The van der Waals surface area contributed by atoms with E-state index in [4.69, 9.17) is 0 Å². The Hall–Kier alpha value is -0.920. The molecule has 0 amide bonds. The van der Waals surface area contributed by atoms with E-state index >= 15 is 0 Å². The third-order valence-corrected chi connectivity index (χ3v) is 1.42. The van der Waals surface area contributed by atoms with E-state index in [1.807, 2.05) is 0 Å². The molecule has 1 heteroatoms. The van der Waals surface area contributed by atoms with Gasteiger partial charge in [-0.05, 0) is 32.1 Å². The standard InChI is InChI=1S/C12H18O/c1-4-5-6-7-8-9-10-11-12(2,3)13/h13H,4-7H2,1-3H3. The van der Waals surface area contributed by atoms with Crippen molar-refractivity contribution in [2.24, 2.45) is 0 Å². The minimum Gasteiger partial charge on any atom is -0.378 e. The Balaban J connectivity index is 3.65. The topological polar surface area (TPSA) is 20.2 Å². The van der Waals surface area contributed by atoms with E-state index < -0.39 is 5.60 Å². The van der Waals surface area contributed by atoms with Crippen molar-refractivity contribution in [3.8, 4) is 23.7 Å². The van der Waals surface area contributed by atoms with E-state index in [9.17, 15) is 5.11 Å². The van der Waals surface area contributed by atoms with Crippen LogP contribution in [-0.2, 0) is 0 Å². The summed E-state index contributed by atoms with van der Waals surface area (Å²) in [6, 6.07) is 0. The van der Waals surface area contributed by atoms with Crippen LogP contribution in [0, 0.1) is 23.7 Å². The zero-order chi connectivity index (χ0) is 10.2. The van der Waals surface area contributed by atoms with Gasteiger partial charge in [-0.2, -0.15) is 0 Å². The molecule has 72 valence electrons. The smallest absolute Gasteiger partial charge is 0.120 e. The van der Waals surface area contributed by atoms with E-state index in [1.54, 1.807) is 13.8 Å². The fourth-order valence-corrected chi connectivity index (χ4v) is 0.754. The summed E-state index contributed by atoms with van der Waals surface area (Å²) in [6.45, 7) is 5.47. The summed E-state index contributed by atoms with van der Waals surface area (Å²) in [4.78, 5) is 0. The molecule has 0 aromatic carbocycles. The quantitative estimate of drug-likeness (QED) is 0.519. The van der Waals surface area contributed by atoms with Crippen molar-refractivity contribution < 1.29 is 5.11 Å². The van der Waals surface area contributed by atoms with Gasteiger partial charge >= 0.3 is 0 Å². The molecule has 0 saturated heterocycles. The molecule has 0 aliphatic carbocycles. The summed E-state index contributed by atoms with van der Waals surface area (Å²) in [6.07, 6.45) is 4.51. The molecule has 0 radical (unpaired) electrons. The monoisotopic (exact) mass is 178 g/mol. The first-order valence-electron chi connectivity index (χ1n) is 4.78. The molecule has 1 nitrogen and oxygen atoms in total. The van der Waals surface area contributed by atoms with Crippen molar-refractivity contribution in [2.45, 2.75) is 52.1 Å². The molecule has 0 fully saturated rings. The lowest BCUT2D eigenvalue weighted by molar-refractivity contribution is 0.143. The zero-order valence-electron chi connectivity index (χ0n) is 8.78. The van der Waals surface area contributed by atoms with Gasteiger partial charge in [-0.3, -0.25) is 0 Å². The summed E-state index contributed by atoms with van der Waals surface area (Å²) < 4.78 is 0. The molecule has 0 saturated carbocycles. The largest absolute Gasteiger partial charge is 0.378 e. The maximum absolute atomic E-state index is 9.22. The molecule has 0 heterocycles. The van der Waals surface area contributed by atoms with E-state index in [1.165, 1.54) is 12.8 Å². The highest BCUT2D eigenvalue weighted by atomic mass is 16.3. The summed E-state index contributed by atoms with van der Waals surface area (Å²) in [7, 11) is 0. The molecule has 0 rings (SSSR count). The number of hydrogen-bond donors (Lipinski definition) is 1. The van der Waals surface area contributed by atoms with Gasteiger partial charge in [-0.1, -0.05) is 31.6 Å². The minimum atomic E-state index is -0.919. The van der Waals surface area contributed by atoms with Crippen molar-refractivity contribution in [3.05, 3.63) is 0 Å². The third kappa shape index (κ3) is 11.1. The van der Waals surface area contributed by atoms with Crippen LogP contribution in [0.25, 0.3) is 0 Å². The van der Waals surface area contributed by atoms with Crippen LogP contribution in [0.2, 0.25) is 0 Å². The van der Waals surface area contributed by atoms with Crippen molar-refractivity contribution in [3.63, 3.8) is 0 Å². The summed E-state index contributed by atoms with van der Waals surface area (Å²) >= 11 is 0. The lowest BCUT2D eigenvalue weighted by Crippen LogP contribution is -2.14. The average Bonchev–Trinajstić information content (AvgIpc) is 2.01. The van der Waals surface area contributed by atoms with Crippen molar-refractivity contribution in [1.82, 2.24) is 0 Å². The molecule has 0 unspecified atom stereocenters. The highest BCUT2D eigenvalue weighted by Gasteiger charge is 2.04. The number of hydrogen-bond acceptors (Lipinski definition) is 1. The predicted molar refractivity (Wildman–Crippen MR) is 56.0 cm³/mol. The minimum absolute atomic E-state index is 0.911. The van der Waals surface area contributed by atoms with Crippen LogP contribution in [0.15, 0.2) is 0 Å².